The third-order valence-corrected chi connectivity index (χ3v) is 3.85. The Balaban J connectivity index is 1.84. The number of nitrogens with one attached hydrogen (secondary N) is 1. The van der Waals surface area contributed by atoms with Crippen LogP contribution in [0.4, 0.5) is 0 Å². The van der Waals surface area contributed by atoms with Gasteiger partial charge in [-0.2, -0.15) is 0 Å². The van der Waals surface area contributed by atoms with E-state index in [1.807, 2.05) is 49.4 Å². The van der Waals surface area contributed by atoms with E-state index in [1.54, 1.807) is 17.0 Å². The van der Waals surface area contributed by atoms with Crippen molar-refractivity contribution in [1.29, 1.82) is 0 Å². The van der Waals surface area contributed by atoms with E-state index in [4.69, 9.17) is 5.21 Å². The van der Waals surface area contributed by atoms with Gasteiger partial charge in [0, 0.05) is 6.08 Å². The highest BCUT2D eigenvalue weighted by Gasteiger charge is 2.05. The first-order valence-corrected chi connectivity index (χ1v) is 7.74. The highest BCUT2D eigenvalue weighted by molar-refractivity contribution is 5.90. The molecule has 0 spiro atoms. The molecule has 2 aromatic carbocycles. The van der Waals surface area contributed by atoms with Crippen LogP contribution in [0.5, 0.6) is 0 Å². The summed E-state index contributed by atoms with van der Waals surface area (Å²) >= 11 is 0. The number of benzene rings is 2. The second-order valence-electron chi connectivity index (χ2n) is 5.75. The van der Waals surface area contributed by atoms with Crippen LogP contribution in [0.25, 0.3) is 17.0 Å². The lowest BCUT2D eigenvalue weighted by atomic mass is 10.1. The van der Waals surface area contributed by atoms with Crippen molar-refractivity contribution in [2.45, 2.75) is 13.5 Å². The fourth-order valence-corrected chi connectivity index (χ4v) is 2.53. The molecule has 0 aliphatic carbocycles. The van der Waals surface area contributed by atoms with Crippen LogP contribution in [0.2, 0.25) is 0 Å². The van der Waals surface area contributed by atoms with Crippen molar-refractivity contribution in [3.8, 4) is 0 Å². The molecule has 1 amide bonds. The van der Waals surface area contributed by atoms with Crippen molar-refractivity contribution in [2.24, 2.45) is 0 Å². The van der Waals surface area contributed by atoms with Gasteiger partial charge in [0.25, 0.3) is 11.5 Å². The van der Waals surface area contributed by atoms with E-state index in [1.165, 1.54) is 11.6 Å². The number of carbonyl (C=O) groups is 1. The average Bonchev–Trinajstić information content (AvgIpc) is 2.63. The molecule has 3 rings (SSSR count). The molecule has 0 aliphatic rings. The number of hydroxylamine groups is 1. The van der Waals surface area contributed by atoms with Gasteiger partial charge in [-0.15, -0.1) is 0 Å². The van der Waals surface area contributed by atoms with Gasteiger partial charge in [0.05, 0.1) is 23.8 Å². The number of hydrogen-bond acceptors (Lipinski definition) is 4. The number of carbonyl (C=O) groups excluding carboxylic acids is 1. The fraction of sp³-hybridized carbons (Fsp3) is 0.105. The first-order chi connectivity index (χ1) is 12.1. The summed E-state index contributed by atoms with van der Waals surface area (Å²) in [6, 6.07) is 13.1. The van der Waals surface area contributed by atoms with Gasteiger partial charge in [0.15, 0.2) is 0 Å². The van der Waals surface area contributed by atoms with E-state index in [0.717, 1.165) is 16.7 Å². The maximum absolute atomic E-state index is 12.6. The molecule has 0 saturated carbocycles. The lowest BCUT2D eigenvalue weighted by molar-refractivity contribution is -0.124. The Kier molecular flexibility index (Phi) is 4.72. The molecule has 6 nitrogen and oxygen atoms in total. The number of nitrogens with zero attached hydrogens (tertiary/aromatic N) is 2. The number of hydrogen-bond donors (Lipinski definition) is 2. The second kappa shape index (κ2) is 7.11. The number of rotatable bonds is 4. The zero-order valence-corrected chi connectivity index (χ0v) is 13.6. The van der Waals surface area contributed by atoms with Crippen molar-refractivity contribution < 1.29 is 10.0 Å². The molecule has 6 heteroatoms. The van der Waals surface area contributed by atoms with E-state index >= 15 is 0 Å². The molecule has 1 heterocycles. The maximum atomic E-state index is 12.6. The second-order valence-corrected chi connectivity index (χ2v) is 5.75. The Hall–Kier alpha value is -3.25. The van der Waals surface area contributed by atoms with Gasteiger partial charge in [-0.25, -0.2) is 10.5 Å². The van der Waals surface area contributed by atoms with Crippen LogP contribution in [0, 0.1) is 6.92 Å². The van der Waals surface area contributed by atoms with Gasteiger partial charge in [0.1, 0.15) is 0 Å². The molecule has 2 N–H and O–H groups in total. The molecule has 3 aromatic rings. The van der Waals surface area contributed by atoms with Crippen molar-refractivity contribution >= 4 is 22.9 Å². The van der Waals surface area contributed by atoms with Crippen LogP contribution < -0.4 is 11.0 Å². The molecule has 1 aromatic heterocycles. The number of aryl methyl sites for hydroxylation is 1. The molecule has 25 heavy (non-hydrogen) atoms. The number of amides is 1. The van der Waals surface area contributed by atoms with Crippen LogP contribution in [-0.2, 0) is 11.3 Å². The van der Waals surface area contributed by atoms with Gasteiger partial charge in [0.2, 0.25) is 0 Å². The molecule has 0 aliphatic heterocycles. The summed E-state index contributed by atoms with van der Waals surface area (Å²) in [7, 11) is 0. The minimum absolute atomic E-state index is 0.0720. The normalized spacial score (nSPS) is 11.1. The topological polar surface area (TPSA) is 84.2 Å². The minimum Gasteiger partial charge on any atom is -0.294 e. The van der Waals surface area contributed by atoms with E-state index in [-0.39, 0.29) is 5.56 Å². The van der Waals surface area contributed by atoms with E-state index in [0.29, 0.717) is 17.4 Å². The summed E-state index contributed by atoms with van der Waals surface area (Å²) in [5, 5.41) is 9.06. The van der Waals surface area contributed by atoms with Gasteiger partial charge in [-0.3, -0.25) is 19.4 Å². The zero-order chi connectivity index (χ0) is 17.8. The SMILES string of the molecule is Cc1ccc2ncn(Cc3ccc(/C=C/C(=O)NO)cc3)c(=O)c2c1. The summed E-state index contributed by atoms with van der Waals surface area (Å²) in [6.07, 6.45) is 4.37. The summed E-state index contributed by atoms with van der Waals surface area (Å²) < 4.78 is 1.58. The Bertz CT molecular complexity index is 1000. The lowest BCUT2D eigenvalue weighted by Gasteiger charge is -2.07. The molecule has 0 saturated heterocycles. The van der Waals surface area contributed by atoms with Crippen LogP contribution in [0.15, 0.2) is 59.7 Å². The first-order valence-electron chi connectivity index (χ1n) is 7.74. The van der Waals surface area contributed by atoms with Crippen molar-refractivity contribution in [1.82, 2.24) is 15.0 Å². The summed E-state index contributed by atoms with van der Waals surface area (Å²) in [4.78, 5) is 27.9. The van der Waals surface area contributed by atoms with Crippen LogP contribution in [-0.4, -0.2) is 20.7 Å². The van der Waals surface area contributed by atoms with Gasteiger partial charge >= 0.3 is 0 Å². The summed E-state index contributed by atoms with van der Waals surface area (Å²) in [5.74, 6) is -0.590. The predicted octanol–water partition coefficient (Wildman–Crippen LogP) is 2.27. The molecule has 126 valence electrons. The largest absolute Gasteiger partial charge is 0.294 e. The highest BCUT2D eigenvalue weighted by Crippen LogP contribution is 2.11. The van der Waals surface area contributed by atoms with Gasteiger partial charge in [-0.05, 0) is 36.3 Å². The molecule has 0 atom stereocenters. The fourth-order valence-electron chi connectivity index (χ4n) is 2.53. The molecule has 0 bridgehead atoms. The lowest BCUT2D eigenvalue weighted by Crippen LogP contribution is -2.21. The maximum Gasteiger partial charge on any atom is 0.267 e. The third kappa shape index (κ3) is 3.81. The Labute approximate surface area is 144 Å². The van der Waals surface area contributed by atoms with Gasteiger partial charge < -0.3 is 0 Å². The van der Waals surface area contributed by atoms with Crippen LogP contribution in [0.1, 0.15) is 16.7 Å². The van der Waals surface area contributed by atoms with E-state index < -0.39 is 5.91 Å². The smallest absolute Gasteiger partial charge is 0.267 e. The van der Waals surface area contributed by atoms with Crippen molar-refractivity contribution in [3.05, 3.63) is 81.9 Å². The van der Waals surface area contributed by atoms with Crippen molar-refractivity contribution in [3.63, 3.8) is 0 Å². The monoisotopic (exact) mass is 335 g/mol. The Morgan fingerprint density at radius 3 is 2.72 bits per heavy atom. The van der Waals surface area contributed by atoms with E-state index in [9.17, 15) is 9.59 Å². The molecular formula is C19H17N3O3. The average molecular weight is 335 g/mol. The summed E-state index contributed by atoms with van der Waals surface area (Å²) in [6.45, 7) is 2.36. The first kappa shape index (κ1) is 16.6. The van der Waals surface area contributed by atoms with E-state index in [2.05, 4.69) is 4.98 Å². The molecule has 0 fully saturated rings. The zero-order valence-electron chi connectivity index (χ0n) is 13.6. The molecule has 0 unspecified atom stereocenters. The van der Waals surface area contributed by atoms with Gasteiger partial charge in [-0.1, -0.05) is 35.9 Å². The highest BCUT2D eigenvalue weighted by atomic mass is 16.5. The minimum atomic E-state index is -0.590. The van der Waals surface area contributed by atoms with Crippen LogP contribution in [0.3, 0.4) is 0 Å². The Morgan fingerprint density at radius 2 is 2.00 bits per heavy atom. The standard InChI is InChI=1S/C19H17N3O3/c1-13-2-8-17-16(10-13)19(24)22(12-20-17)11-15-5-3-14(4-6-15)7-9-18(23)21-25/h2-10,12,25H,11H2,1H3,(H,21,23)/b9-7+. The van der Waals surface area contributed by atoms with Crippen molar-refractivity contribution in [2.75, 3.05) is 0 Å². The Morgan fingerprint density at radius 1 is 1.24 bits per heavy atom. The predicted molar refractivity (Wildman–Crippen MR) is 95.2 cm³/mol. The number of fused-ring (bicyclic) bond motifs is 1. The summed E-state index contributed by atoms with van der Waals surface area (Å²) in [5.41, 5.74) is 4.93. The molecule has 0 radical (unpaired) electrons. The quantitative estimate of drug-likeness (QED) is 0.435. The van der Waals surface area contributed by atoms with Crippen LogP contribution >= 0.6 is 0 Å². The number of aromatic nitrogens is 2. The molecular weight excluding hydrogens is 318 g/mol. The third-order valence-electron chi connectivity index (χ3n) is 3.85.